The lowest BCUT2D eigenvalue weighted by Crippen LogP contribution is -2.25. The van der Waals surface area contributed by atoms with Crippen LogP contribution < -0.4 is 16.2 Å². The third-order valence-corrected chi connectivity index (χ3v) is 4.88. The quantitative estimate of drug-likeness (QED) is 0.649. The number of nitrogen functional groups attached to an aromatic ring is 1. The Kier molecular flexibility index (Phi) is 5.36. The third-order valence-electron chi connectivity index (χ3n) is 4.62. The molecular weight excluding hydrogens is 368 g/mol. The van der Waals surface area contributed by atoms with E-state index in [2.05, 4.69) is 21.9 Å². The number of nitrogens with zero attached hydrogens (tertiary/aromatic N) is 5. The molecule has 0 bridgehead atoms. The highest BCUT2D eigenvalue weighted by atomic mass is 35.5. The van der Waals surface area contributed by atoms with Gasteiger partial charge in [0.15, 0.2) is 10.8 Å². The van der Waals surface area contributed by atoms with Crippen LogP contribution in [0.15, 0.2) is 11.0 Å². The Bertz CT molecular complexity index is 1060. The normalized spacial score (nSPS) is 11.3. The molecule has 3 rings (SSSR count). The minimum Gasteiger partial charge on any atom is -0.496 e. The van der Waals surface area contributed by atoms with Crippen LogP contribution in [0.2, 0.25) is 5.15 Å². The van der Waals surface area contributed by atoms with E-state index in [1.54, 1.807) is 22.4 Å². The van der Waals surface area contributed by atoms with Crippen molar-refractivity contribution in [3.63, 3.8) is 0 Å². The van der Waals surface area contributed by atoms with E-state index in [0.29, 0.717) is 17.7 Å². The van der Waals surface area contributed by atoms with E-state index in [1.807, 2.05) is 13.8 Å². The molecule has 0 radical (unpaired) electrons. The number of halogens is 1. The summed E-state index contributed by atoms with van der Waals surface area (Å²) in [6, 6.07) is 0. The van der Waals surface area contributed by atoms with Crippen LogP contribution >= 0.6 is 11.6 Å². The molecule has 3 aromatic heterocycles. The standard InChI is InChI=1S/C18H23ClN6O2/c1-5-6-7-24-13-15(19)22-17(20)23-16(13)25(18(24)26)9-12-11(3)14(27-4)10(2)8-21-12/h8H,5-7,9H2,1-4H3,(H2,20,22,23). The molecule has 0 saturated carbocycles. The Morgan fingerprint density at radius 2 is 2.00 bits per heavy atom. The van der Waals surface area contributed by atoms with E-state index in [9.17, 15) is 4.79 Å². The van der Waals surface area contributed by atoms with Crippen LogP contribution in [-0.4, -0.2) is 31.2 Å². The predicted octanol–water partition coefficient (Wildman–Crippen LogP) is 2.70. The fourth-order valence-electron chi connectivity index (χ4n) is 3.23. The first-order valence-corrected chi connectivity index (χ1v) is 9.17. The van der Waals surface area contributed by atoms with Crippen molar-refractivity contribution in [2.24, 2.45) is 0 Å². The molecule has 0 aliphatic rings. The van der Waals surface area contributed by atoms with Gasteiger partial charge in [0, 0.05) is 23.9 Å². The molecule has 27 heavy (non-hydrogen) atoms. The maximum atomic E-state index is 13.1. The van der Waals surface area contributed by atoms with E-state index in [-0.39, 0.29) is 23.3 Å². The SMILES string of the molecule is CCCCn1c(=O)n(Cc2ncc(C)c(OC)c2C)c2nc(N)nc(Cl)c21. The van der Waals surface area contributed by atoms with Gasteiger partial charge in [0.2, 0.25) is 5.95 Å². The van der Waals surface area contributed by atoms with Crippen LogP contribution in [0.5, 0.6) is 5.75 Å². The number of anilines is 1. The van der Waals surface area contributed by atoms with Crippen LogP contribution in [0.4, 0.5) is 5.95 Å². The minimum atomic E-state index is -0.207. The third kappa shape index (κ3) is 3.37. The van der Waals surface area contributed by atoms with Crippen molar-refractivity contribution in [1.29, 1.82) is 0 Å². The van der Waals surface area contributed by atoms with E-state index in [0.717, 1.165) is 35.4 Å². The van der Waals surface area contributed by atoms with Crippen LogP contribution in [0.3, 0.4) is 0 Å². The van der Waals surface area contributed by atoms with Gasteiger partial charge < -0.3 is 10.5 Å². The average Bonchev–Trinajstić information content (AvgIpc) is 2.88. The largest absolute Gasteiger partial charge is 0.496 e. The number of methoxy groups -OCH3 is 1. The average molecular weight is 391 g/mol. The molecule has 0 fully saturated rings. The zero-order chi connectivity index (χ0) is 19.7. The Morgan fingerprint density at radius 3 is 2.67 bits per heavy atom. The molecule has 3 heterocycles. The van der Waals surface area contributed by atoms with E-state index >= 15 is 0 Å². The van der Waals surface area contributed by atoms with Crippen LogP contribution in [0.1, 0.15) is 36.6 Å². The van der Waals surface area contributed by atoms with Crippen molar-refractivity contribution in [2.45, 2.75) is 46.7 Å². The number of fused-ring (bicyclic) bond motifs is 1. The second kappa shape index (κ2) is 7.56. The van der Waals surface area contributed by atoms with Gasteiger partial charge in [-0.3, -0.25) is 14.1 Å². The van der Waals surface area contributed by atoms with Crippen molar-refractivity contribution in [2.75, 3.05) is 12.8 Å². The van der Waals surface area contributed by atoms with Gasteiger partial charge >= 0.3 is 5.69 Å². The highest BCUT2D eigenvalue weighted by Gasteiger charge is 2.20. The Labute approximate surface area is 162 Å². The summed E-state index contributed by atoms with van der Waals surface area (Å²) in [4.78, 5) is 25.9. The summed E-state index contributed by atoms with van der Waals surface area (Å²) in [6.07, 6.45) is 3.52. The van der Waals surface area contributed by atoms with Crippen molar-refractivity contribution in [3.05, 3.63) is 38.7 Å². The first-order valence-electron chi connectivity index (χ1n) is 8.80. The highest BCUT2D eigenvalue weighted by Crippen LogP contribution is 2.26. The maximum Gasteiger partial charge on any atom is 0.330 e. The summed E-state index contributed by atoms with van der Waals surface area (Å²) in [5.74, 6) is 0.787. The maximum absolute atomic E-state index is 13.1. The van der Waals surface area contributed by atoms with Gasteiger partial charge in [-0.2, -0.15) is 9.97 Å². The second-order valence-electron chi connectivity index (χ2n) is 6.46. The summed E-state index contributed by atoms with van der Waals surface area (Å²) in [5, 5.41) is 0.177. The first kappa shape index (κ1) is 19.2. The molecule has 0 spiro atoms. The molecule has 0 amide bonds. The van der Waals surface area contributed by atoms with E-state index in [1.165, 1.54) is 0 Å². The number of unbranched alkanes of at least 4 members (excludes halogenated alkanes) is 1. The smallest absolute Gasteiger partial charge is 0.330 e. The van der Waals surface area contributed by atoms with Crippen LogP contribution in [-0.2, 0) is 13.1 Å². The van der Waals surface area contributed by atoms with E-state index in [4.69, 9.17) is 22.1 Å². The number of aromatic nitrogens is 5. The number of nitrogens with two attached hydrogens (primary N) is 1. The zero-order valence-corrected chi connectivity index (χ0v) is 16.7. The number of hydrogen-bond acceptors (Lipinski definition) is 6. The number of ether oxygens (including phenoxy) is 1. The summed E-state index contributed by atoms with van der Waals surface area (Å²) < 4.78 is 8.62. The molecule has 144 valence electrons. The van der Waals surface area contributed by atoms with Gasteiger partial charge in [-0.05, 0) is 20.3 Å². The molecule has 8 nitrogen and oxygen atoms in total. The van der Waals surface area contributed by atoms with Gasteiger partial charge in [-0.1, -0.05) is 24.9 Å². The number of imidazole rings is 1. The summed E-state index contributed by atoms with van der Waals surface area (Å²) in [5.41, 5.74) is 9.02. The van der Waals surface area contributed by atoms with Crippen molar-refractivity contribution in [3.8, 4) is 5.75 Å². The summed E-state index contributed by atoms with van der Waals surface area (Å²) in [7, 11) is 1.62. The lowest BCUT2D eigenvalue weighted by atomic mass is 10.1. The lowest BCUT2D eigenvalue weighted by molar-refractivity contribution is 0.406. The topological polar surface area (TPSA) is 101 Å². The molecule has 0 unspecified atom stereocenters. The van der Waals surface area contributed by atoms with Crippen LogP contribution in [0.25, 0.3) is 11.2 Å². The molecule has 0 atom stereocenters. The number of hydrogen-bond donors (Lipinski definition) is 1. The summed E-state index contributed by atoms with van der Waals surface area (Å²) in [6.45, 7) is 6.69. The second-order valence-corrected chi connectivity index (χ2v) is 6.82. The molecule has 9 heteroatoms. The fourth-order valence-corrected chi connectivity index (χ4v) is 3.50. The monoisotopic (exact) mass is 390 g/mol. The van der Waals surface area contributed by atoms with Crippen molar-refractivity contribution < 1.29 is 4.74 Å². The summed E-state index contributed by atoms with van der Waals surface area (Å²) >= 11 is 6.29. The van der Waals surface area contributed by atoms with Crippen LogP contribution in [0, 0.1) is 13.8 Å². The first-order chi connectivity index (χ1) is 12.9. The zero-order valence-electron chi connectivity index (χ0n) is 15.9. The number of pyridine rings is 1. The molecule has 2 N–H and O–H groups in total. The molecule has 0 aliphatic heterocycles. The predicted molar refractivity (Wildman–Crippen MR) is 105 cm³/mol. The molecule has 0 aromatic carbocycles. The molecule has 3 aromatic rings. The van der Waals surface area contributed by atoms with Crippen molar-refractivity contribution >= 4 is 28.7 Å². The molecule has 0 aliphatic carbocycles. The fraction of sp³-hybridized carbons (Fsp3) is 0.444. The Balaban J connectivity index is 2.21. The Hall–Kier alpha value is -2.61. The highest BCUT2D eigenvalue weighted by molar-refractivity contribution is 6.33. The van der Waals surface area contributed by atoms with Gasteiger partial charge in [0.1, 0.15) is 11.3 Å². The molecule has 0 saturated heterocycles. The van der Waals surface area contributed by atoms with Gasteiger partial charge in [-0.15, -0.1) is 0 Å². The minimum absolute atomic E-state index is 0.0278. The van der Waals surface area contributed by atoms with Gasteiger partial charge in [-0.25, -0.2) is 4.79 Å². The number of aryl methyl sites for hydroxylation is 2. The Morgan fingerprint density at radius 1 is 1.26 bits per heavy atom. The molecular formula is C18H23ClN6O2. The van der Waals surface area contributed by atoms with Gasteiger partial charge in [0.05, 0.1) is 19.3 Å². The van der Waals surface area contributed by atoms with Gasteiger partial charge in [0.25, 0.3) is 0 Å². The number of rotatable bonds is 6. The van der Waals surface area contributed by atoms with Crippen molar-refractivity contribution in [1.82, 2.24) is 24.1 Å². The lowest BCUT2D eigenvalue weighted by Gasteiger charge is -2.12. The van der Waals surface area contributed by atoms with E-state index < -0.39 is 0 Å².